The van der Waals surface area contributed by atoms with Crippen molar-refractivity contribution in [2.24, 2.45) is 11.0 Å². The lowest BCUT2D eigenvalue weighted by molar-refractivity contribution is 0.682. The number of hydrazone groups is 1. The van der Waals surface area contributed by atoms with Crippen LogP contribution in [0.5, 0.6) is 0 Å². The number of rotatable bonds is 5. The number of nitrogens with one attached hydrogen (secondary N) is 1. The molecule has 1 aromatic carbocycles. The molecule has 1 heterocycles. The summed E-state index contributed by atoms with van der Waals surface area (Å²) in [6.45, 7) is 4.36. The van der Waals surface area contributed by atoms with Crippen LogP contribution in [0.2, 0.25) is 0 Å². The van der Waals surface area contributed by atoms with Gasteiger partial charge in [-0.3, -0.25) is 10.4 Å². The van der Waals surface area contributed by atoms with Crippen LogP contribution in [-0.2, 0) is 0 Å². The van der Waals surface area contributed by atoms with Gasteiger partial charge < -0.3 is 0 Å². The Balaban J connectivity index is 2.18. The van der Waals surface area contributed by atoms with Gasteiger partial charge in [-0.25, -0.2) is 0 Å². The molecule has 0 aliphatic carbocycles. The summed E-state index contributed by atoms with van der Waals surface area (Å²) in [7, 11) is 0. The zero-order valence-electron chi connectivity index (χ0n) is 11.4. The Morgan fingerprint density at radius 3 is 2.47 bits per heavy atom. The van der Waals surface area contributed by atoms with Crippen molar-refractivity contribution in [1.29, 1.82) is 0 Å². The first-order chi connectivity index (χ1) is 9.25. The van der Waals surface area contributed by atoms with E-state index in [-0.39, 0.29) is 0 Å². The van der Waals surface area contributed by atoms with E-state index >= 15 is 0 Å². The fourth-order valence-electron chi connectivity index (χ4n) is 1.77. The third kappa shape index (κ3) is 4.21. The van der Waals surface area contributed by atoms with Gasteiger partial charge in [0, 0.05) is 6.20 Å². The summed E-state index contributed by atoms with van der Waals surface area (Å²) in [5, 5.41) is 4.51. The lowest BCUT2D eigenvalue weighted by Crippen LogP contribution is -2.09. The van der Waals surface area contributed by atoms with Crippen molar-refractivity contribution < 1.29 is 0 Å². The second kappa shape index (κ2) is 6.69. The summed E-state index contributed by atoms with van der Waals surface area (Å²) in [6.07, 6.45) is 2.70. The molecule has 0 saturated carbocycles. The van der Waals surface area contributed by atoms with Crippen LogP contribution in [0.3, 0.4) is 0 Å². The van der Waals surface area contributed by atoms with Crippen LogP contribution in [0.25, 0.3) is 0 Å². The maximum absolute atomic E-state index is 4.51. The predicted octanol–water partition coefficient (Wildman–Crippen LogP) is 3.94. The van der Waals surface area contributed by atoms with Crippen LogP contribution in [0.15, 0.2) is 59.8 Å². The molecule has 0 saturated heterocycles. The monoisotopic (exact) mass is 253 g/mol. The van der Waals surface area contributed by atoms with E-state index in [2.05, 4.69) is 29.4 Å². The number of hydrogen-bond acceptors (Lipinski definition) is 3. The Kier molecular flexibility index (Phi) is 4.67. The van der Waals surface area contributed by atoms with Gasteiger partial charge in [0.25, 0.3) is 0 Å². The van der Waals surface area contributed by atoms with Crippen molar-refractivity contribution in [2.45, 2.75) is 20.3 Å². The van der Waals surface area contributed by atoms with E-state index < -0.39 is 0 Å². The number of pyridine rings is 1. The largest absolute Gasteiger partial charge is 0.278 e. The summed E-state index contributed by atoms with van der Waals surface area (Å²) in [5.41, 5.74) is 6.00. The summed E-state index contributed by atoms with van der Waals surface area (Å²) in [6, 6.07) is 15.9. The van der Waals surface area contributed by atoms with E-state index in [1.807, 2.05) is 48.5 Å². The molecule has 3 nitrogen and oxygen atoms in total. The molecular formula is C16H19N3. The Labute approximate surface area is 114 Å². The fraction of sp³-hybridized carbons (Fsp3) is 0.250. The number of aromatic nitrogens is 1. The predicted molar refractivity (Wildman–Crippen MR) is 80.3 cm³/mol. The summed E-state index contributed by atoms with van der Waals surface area (Å²) >= 11 is 0. The highest BCUT2D eigenvalue weighted by Crippen LogP contribution is 2.10. The average Bonchev–Trinajstić information content (AvgIpc) is 2.45. The molecular weight excluding hydrogens is 234 g/mol. The molecule has 0 amide bonds. The number of nitrogens with zero attached hydrogens (tertiary/aromatic N) is 2. The zero-order chi connectivity index (χ0) is 13.5. The summed E-state index contributed by atoms with van der Waals surface area (Å²) < 4.78 is 0. The van der Waals surface area contributed by atoms with Crippen molar-refractivity contribution in [2.75, 3.05) is 5.43 Å². The van der Waals surface area contributed by atoms with E-state index in [0.717, 1.165) is 23.5 Å². The van der Waals surface area contributed by atoms with E-state index in [1.165, 1.54) is 0 Å². The molecule has 3 heteroatoms. The third-order valence-corrected chi connectivity index (χ3v) is 2.66. The average molecular weight is 253 g/mol. The molecule has 19 heavy (non-hydrogen) atoms. The molecule has 1 N–H and O–H groups in total. The van der Waals surface area contributed by atoms with Crippen LogP contribution in [0.1, 0.15) is 26.0 Å². The maximum Gasteiger partial charge on any atom is 0.0865 e. The second-order valence-electron chi connectivity index (χ2n) is 4.85. The molecule has 98 valence electrons. The maximum atomic E-state index is 4.51. The van der Waals surface area contributed by atoms with Gasteiger partial charge in [-0.05, 0) is 36.6 Å². The third-order valence-electron chi connectivity index (χ3n) is 2.66. The van der Waals surface area contributed by atoms with Gasteiger partial charge in [0.2, 0.25) is 0 Å². The highest BCUT2D eigenvalue weighted by atomic mass is 15.3. The van der Waals surface area contributed by atoms with Crippen molar-refractivity contribution >= 4 is 11.4 Å². The number of anilines is 1. The molecule has 1 aromatic heterocycles. The number of benzene rings is 1. The normalized spacial score (nSPS) is 11.6. The molecule has 0 fully saturated rings. The smallest absolute Gasteiger partial charge is 0.0865 e. The van der Waals surface area contributed by atoms with Gasteiger partial charge in [-0.15, -0.1) is 0 Å². The van der Waals surface area contributed by atoms with Gasteiger partial charge in [-0.2, -0.15) is 5.10 Å². The van der Waals surface area contributed by atoms with E-state index in [0.29, 0.717) is 5.92 Å². The minimum Gasteiger partial charge on any atom is -0.278 e. The lowest BCUT2D eigenvalue weighted by atomic mass is 10.0. The summed E-state index contributed by atoms with van der Waals surface area (Å²) in [5.74, 6) is 0.540. The van der Waals surface area contributed by atoms with Crippen molar-refractivity contribution in [3.05, 3.63) is 60.4 Å². The standard InChI is InChI=1S/C16H19N3/c1-13(2)12-16(15-10-6-7-11-17-15)19-18-14-8-4-3-5-9-14/h3-11,13,18H,12H2,1-2H3. The Bertz CT molecular complexity index is 518. The van der Waals surface area contributed by atoms with Crippen LogP contribution in [-0.4, -0.2) is 10.7 Å². The first-order valence-corrected chi connectivity index (χ1v) is 6.54. The van der Waals surface area contributed by atoms with Gasteiger partial charge in [0.05, 0.1) is 17.1 Å². The lowest BCUT2D eigenvalue weighted by Gasteiger charge is -2.09. The molecule has 0 aliphatic heterocycles. The fourth-order valence-corrected chi connectivity index (χ4v) is 1.77. The first-order valence-electron chi connectivity index (χ1n) is 6.54. The second-order valence-corrected chi connectivity index (χ2v) is 4.85. The molecule has 0 bridgehead atoms. The van der Waals surface area contributed by atoms with Gasteiger partial charge in [-0.1, -0.05) is 38.1 Å². The first kappa shape index (κ1) is 13.3. The number of hydrogen-bond donors (Lipinski definition) is 1. The number of para-hydroxylation sites is 1. The minimum absolute atomic E-state index is 0.540. The quantitative estimate of drug-likeness (QED) is 0.647. The molecule has 0 aliphatic rings. The minimum atomic E-state index is 0.540. The molecule has 0 radical (unpaired) electrons. The van der Waals surface area contributed by atoms with Gasteiger partial charge >= 0.3 is 0 Å². The Morgan fingerprint density at radius 1 is 1.11 bits per heavy atom. The van der Waals surface area contributed by atoms with E-state index in [1.54, 1.807) is 6.20 Å². The molecule has 2 aromatic rings. The topological polar surface area (TPSA) is 37.3 Å². The van der Waals surface area contributed by atoms with Crippen molar-refractivity contribution in [1.82, 2.24) is 4.98 Å². The van der Waals surface area contributed by atoms with Crippen LogP contribution in [0, 0.1) is 5.92 Å². The zero-order valence-corrected chi connectivity index (χ0v) is 11.4. The summed E-state index contributed by atoms with van der Waals surface area (Å²) in [4.78, 5) is 4.37. The van der Waals surface area contributed by atoms with Gasteiger partial charge in [0.15, 0.2) is 0 Å². The highest BCUT2D eigenvalue weighted by molar-refractivity contribution is 5.99. The molecule has 2 rings (SSSR count). The molecule has 0 atom stereocenters. The highest BCUT2D eigenvalue weighted by Gasteiger charge is 2.07. The Morgan fingerprint density at radius 2 is 1.84 bits per heavy atom. The Hall–Kier alpha value is -2.16. The van der Waals surface area contributed by atoms with Gasteiger partial charge in [0.1, 0.15) is 0 Å². The van der Waals surface area contributed by atoms with Crippen LogP contribution < -0.4 is 5.43 Å². The van der Waals surface area contributed by atoms with Crippen molar-refractivity contribution in [3.63, 3.8) is 0 Å². The van der Waals surface area contributed by atoms with Crippen LogP contribution in [0.4, 0.5) is 5.69 Å². The SMILES string of the molecule is CC(C)CC(=NNc1ccccc1)c1ccccn1. The molecule has 0 unspecified atom stereocenters. The molecule has 0 spiro atoms. The van der Waals surface area contributed by atoms with E-state index in [4.69, 9.17) is 0 Å². The van der Waals surface area contributed by atoms with Crippen molar-refractivity contribution in [3.8, 4) is 0 Å². The van der Waals surface area contributed by atoms with E-state index in [9.17, 15) is 0 Å². The van der Waals surface area contributed by atoms with Crippen LogP contribution >= 0.6 is 0 Å².